The van der Waals surface area contributed by atoms with Crippen LogP contribution in [0, 0.1) is 6.92 Å². The molecular formula is C27H22N6O2S. The lowest BCUT2D eigenvalue weighted by Crippen LogP contribution is -2.16. The van der Waals surface area contributed by atoms with Gasteiger partial charge in [-0.1, -0.05) is 66.2 Å². The van der Waals surface area contributed by atoms with Crippen molar-refractivity contribution in [3.05, 3.63) is 102 Å². The predicted octanol–water partition coefficient (Wildman–Crippen LogP) is 4.69. The monoisotopic (exact) mass is 494 g/mol. The van der Waals surface area contributed by atoms with E-state index in [4.69, 9.17) is 5.73 Å². The smallest absolute Gasteiger partial charge is 0.268 e. The van der Waals surface area contributed by atoms with E-state index in [2.05, 4.69) is 19.9 Å². The lowest BCUT2D eigenvalue weighted by Gasteiger charge is -2.13. The summed E-state index contributed by atoms with van der Waals surface area (Å²) < 4.78 is 29.7. The summed E-state index contributed by atoms with van der Waals surface area (Å²) in [6.07, 6.45) is 1.57. The molecular weight excluding hydrogens is 472 g/mol. The average Bonchev–Trinajstić information content (AvgIpc) is 3.44. The number of fused-ring (bicyclic) bond motifs is 2. The number of para-hydroxylation sites is 1. The van der Waals surface area contributed by atoms with Crippen LogP contribution in [-0.2, 0) is 16.4 Å². The fraction of sp³-hybridized carbons (Fsp3) is 0.0741. The minimum Gasteiger partial charge on any atom is -0.382 e. The first-order valence-corrected chi connectivity index (χ1v) is 12.8. The molecule has 3 aromatic carbocycles. The number of nitrogens with one attached hydrogen (secondary N) is 1. The first kappa shape index (κ1) is 22.0. The Morgan fingerprint density at radius 3 is 2.39 bits per heavy atom. The minimum absolute atomic E-state index is 0.208. The molecule has 0 saturated carbocycles. The Morgan fingerprint density at radius 2 is 1.64 bits per heavy atom. The molecule has 0 aliphatic rings. The van der Waals surface area contributed by atoms with Gasteiger partial charge in [-0.3, -0.25) is 0 Å². The van der Waals surface area contributed by atoms with E-state index in [1.807, 2.05) is 61.5 Å². The summed E-state index contributed by atoms with van der Waals surface area (Å²) in [5, 5.41) is 0.838. The Balaban J connectivity index is 1.66. The Kier molecular flexibility index (Phi) is 5.08. The number of rotatable bonds is 5. The summed E-state index contributed by atoms with van der Waals surface area (Å²) in [7, 11) is -3.94. The van der Waals surface area contributed by atoms with E-state index in [-0.39, 0.29) is 17.1 Å². The number of aryl methyl sites for hydroxylation is 1. The molecule has 3 heterocycles. The number of hydrogen-bond donors (Lipinski definition) is 2. The number of nitrogen functional groups attached to an aromatic ring is 1. The Morgan fingerprint density at radius 1 is 0.917 bits per heavy atom. The number of H-pyrrole nitrogens is 1. The fourth-order valence-electron chi connectivity index (χ4n) is 4.58. The average molecular weight is 495 g/mol. The maximum atomic E-state index is 14.1. The van der Waals surface area contributed by atoms with Crippen LogP contribution >= 0.6 is 0 Å². The highest BCUT2D eigenvalue weighted by molar-refractivity contribution is 7.90. The zero-order valence-corrected chi connectivity index (χ0v) is 20.2. The number of nitrogens with zero attached hydrogens (tertiary/aromatic N) is 4. The van der Waals surface area contributed by atoms with Gasteiger partial charge in [0.2, 0.25) is 0 Å². The number of aromatic amines is 1. The quantitative estimate of drug-likeness (QED) is 0.359. The lowest BCUT2D eigenvalue weighted by molar-refractivity contribution is 0.587. The van der Waals surface area contributed by atoms with Crippen molar-refractivity contribution in [3.8, 4) is 11.1 Å². The summed E-state index contributed by atoms with van der Waals surface area (Å²) in [5.41, 5.74) is 10.9. The van der Waals surface area contributed by atoms with E-state index in [1.165, 1.54) is 10.3 Å². The molecule has 0 aliphatic carbocycles. The van der Waals surface area contributed by atoms with Gasteiger partial charge in [-0.05, 0) is 30.7 Å². The molecule has 0 aliphatic heterocycles. The third-order valence-electron chi connectivity index (χ3n) is 6.25. The molecule has 0 spiro atoms. The van der Waals surface area contributed by atoms with E-state index >= 15 is 0 Å². The topological polar surface area (TPSA) is 120 Å². The summed E-state index contributed by atoms with van der Waals surface area (Å²) in [4.78, 5) is 16.2. The van der Waals surface area contributed by atoms with Crippen LogP contribution in [0.4, 0.5) is 5.82 Å². The van der Waals surface area contributed by atoms with Crippen molar-refractivity contribution in [2.75, 3.05) is 5.73 Å². The van der Waals surface area contributed by atoms with Gasteiger partial charge in [-0.15, -0.1) is 0 Å². The van der Waals surface area contributed by atoms with Crippen LogP contribution in [0.3, 0.4) is 0 Å². The van der Waals surface area contributed by atoms with Gasteiger partial charge in [0, 0.05) is 17.4 Å². The molecule has 0 atom stereocenters. The molecule has 0 saturated heterocycles. The second-order valence-corrected chi connectivity index (χ2v) is 10.4. The van der Waals surface area contributed by atoms with Gasteiger partial charge in [-0.25, -0.2) is 27.3 Å². The first-order chi connectivity index (χ1) is 17.4. The molecule has 8 nitrogen and oxygen atoms in total. The molecule has 3 N–H and O–H groups in total. The van der Waals surface area contributed by atoms with E-state index < -0.39 is 10.0 Å². The number of hydrogen-bond acceptors (Lipinski definition) is 6. The van der Waals surface area contributed by atoms with Crippen molar-refractivity contribution in [2.45, 2.75) is 18.2 Å². The maximum absolute atomic E-state index is 14.1. The van der Waals surface area contributed by atoms with Gasteiger partial charge in [0.15, 0.2) is 11.5 Å². The van der Waals surface area contributed by atoms with E-state index in [0.29, 0.717) is 28.2 Å². The molecule has 36 heavy (non-hydrogen) atoms. The van der Waals surface area contributed by atoms with Crippen molar-refractivity contribution in [1.29, 1.82) is 0 Å². The number of benzene rings is 3. The Bertz CT molecular complexity index is 1840. The molecule has 0 amide bonds. The van der Waals surface area contributed by atoms with Gasteiger partial charge in [0.1, 0.15) is 17.7 Å². The van der Waals surface area contributed by atoms with Gasteiger partial charge >= 0.3 is 0 Å². The van der Waals surface area contributed by atoms with Crippen LogP contribution < -0.4 is 5.73 Å². The molecule has 0 radical (unpaired) electrons. The number of anilines is 1. The van der Waals surface area contributed by atoms with E-state index in [1.54, 1.807) is 24.3 Å². The van der Waals surface area contributed by atoms with Crippen molar-refractivity contribution in [1.82, 2.24) is 23.9 Å². The van der Waals surface area contributed by atoms with Crippen LogP contribution in [-0.4, -0.2) is 32.3 Å². The predicted molar refractivity (Wildman–Crippen MR) is 140 cm³/mol. The third-order valence-corrected chi connectivity index (χ3v) is 8.01. The highest BCUT2D eigenvalue weighted by Gasteiger charge is 2.28. The van der Waals surface area contributed by atoms with Crippen molar-refractivity contribution in [3.63, 3.8) is 0 Å². The normalized spacial score (nSPS) is 11.9. The SMILES string of the molecule is Cc1ccc(S(=O)(=O)n2c(Cc3nc4ncnc(N)c4[nH]3)c(-c3ccccc3)c3ccccc32)cc1. The molecule has 6 aromatic rings. The number of aromatic nitrogens is 5. The summed E-state index contributed by atoms with van der Waals surface area (Å²) in [6, 6.07) is 24.2. The molecule has 6 rings (SSSR count). The van der Waals surface area contributed by atoms with Gasteiger partial charge < -0.3 is 10.7 Å². The highest BCUT2D eigenvalue weighted by atomic mass is 32.2. The summed E-state index contributed by atoms with van der Waals surface area (Å²) in [6.45, 7) is 1.93. The molecule has 0 unspecified atom stereocenters. The second kappa shape index (κ2) is 8.31. The zero-order valence-electron chi connectivity index (χ0n) is 19.4. The van der Waals surface area contributed by atoms with Crippen molar-refractivity contribution in [2.24, 2.45) is 0 Å². The van der Waals surface area contributed by atoms with Crippen LogP contribution in [0.5, 0.6) is 0 Å². The minimum atomic E-state index is -3.94. The molecule has 3 aromatic heterocycles. The largest absolute Gasteiger partial charge is 0.382 e. The maximum Gasteiger partial charge on any atom is 0.268 e. The first-order valence-electron chi connectivity index (χ1n) is 11.4. The summed E-state index contributed by atoms with van der Waals surface area (Å²) in [5.74, 6) is 0.826. The lowest BCUT2D eigenvalue weighted by atomic mass is 10.0. The number of nitrogens with two attached hydrogens (primary N) is 1. The van der Waals surface area contributed by atoms with Gasteiger partial charge in [0.05, 0.1) is 16.1 Å². The highest BCUT2D eigenvalue weighted by Crippen LogP contribution is 2.38. The summed E-state index contributed by atoms with van der Waals surface area (Å²) >= 11 is 0. The number of imidazole rings is 1. The standard InChI is InChI=1S/C27H22N6O2S/c1-17-11-13-19(14-12-17)36(34,35)33-21-10-6-5-9-20(21)24(18-7-3-2-4-8-18)22(33)15-23-31-25-26(28)29-16-30-27(25)32-23/h2-14,16H,15H2,1H3,(H3,28,29,30,31,32). The van der Waals surface area contributed by atoms with Crippen LogP contribution in [0.1, 0.15) is 17.1 Å². The molecule has 178 valence electrons. The van der Waals surface area contributed by atoms with Crippen LogP contribution in [0.2, 0.25) is 0 Å². The van der Waals surface area contributed by atoms with Crippen molar-refractivity contribution < 1.29 is 8.42 Å². The fourth-order valence-corrected chi connectivity index (χ4v) is 6.13. The van der Waals surface area contributed by atoms with Crippen LogP contribution in [0.15, 0.2) is 90.1 Å². The Labute approximate surface area is 207 Å². The second-order valence-electron chi connectivity index (χ2n) is 8.61. The molecule has 0 bridgehead atoms. The Hall–Kier alpha value is -4.50. The molecule has 0 fully saturated rings. The van der Waals surface area contributed by atoms with Gasteiger partial charge in [0.25, 0.3) is 10.0 Å². The zero-order chi connectivity index (χ0) is 24.9. The third kappa shape index (κ3) is 3.52. The van der Waals surface area contributed by atoms with Crippen LogP contribution in [0.25, 0.3) is 33.2 Å². The van der Waals surface area contributed by atoms with Gasteiger partial charge in [-0.2, -0.15) is 0 Å². The van der Waals surface area contributed by atoms with E-state index in [9.17, 15) is 8.42 Å². The van der Waals surface area contributed by atoms with E-state index in [0.717, 1.165) is 22.1 Å². The molecule has 9 heteroatoms. The van der Waals surface area contributed by atoms with Crippen molar-refractivity contribution >= 4 is 37.9 Å².